The minimum atomic E-state index is -0.837. The van der Waals surface area contributed by atoms with Crippen molar-refractivity contribution in [2.75, 3.05) is 13.2 Å². The Morgan fingerprint density at radius 3 is 2.42 bits per heavy atom. The monoisotopic (exact) mass is 545 g/mol. The van der Waals surface area contributed by atoms with Crippen molar-refractivity contribution < 1.29 is 28.9 Å². The van der Waals surface area contributed by atoms with Gasteiger partial charge in [-0.05, 0) is 101 Å². The number of fused-ring (bicyclic) bond motifs is 1. The van der Waals surface area contributed by atoms with Crippen LogP contribution < -0.4 is 4.74 Å². The molecule has 0 unspecified atom stereocenters. The van der Waals surface area contributed by atoms with Crippen molar-refractivity contribution in [3.63, 3.8) is 0 Å². The highest BCUT2D eigenvalue weighted by Crippen LogP contribution is 2.32. The van der Waals surface area contributed by atoms with E-state index in [0.29, 0.717) is 30.1 Å². The first-order valence-corrected chi connectivity index (χ1v) is 13.8. The van der Waals surface area contributed by atoms with Gasteiger partial charge in [-0.3, -0.25) is 0 Å². The van der Waals surface area contributed by atoms with Crippen molar-refractivity contribution in [3.05, 3.63) is 94.5 Å². The average molecular weight is 546 g/mol. The van der Waals surface area contributed by atoms with E-state index >= 15 is 0 Å². The molecule has 4 rings (SSSR count). The third kappa shape index (κ3) is 7.63. The largest absolute Gasteiger partial charge is 0.462 e. The number of benzene rings is 3. The Balaban J connectivity index is 1.54. The van der Waals surface area contributed by atoms with Crippen LogP contribution in [-0.4, -0.2) is 46.9 Å². The zero-order valence-electron chi connectivity index (χ0n) is 24.0. The van der Waals surface area contributed by atoms with Gasteiger partial charge in [0.25, 0.3) is 0 Å². The molecule has 0 fully saturated rings. The summed E-state index contributed by atoms with van der Waals surface area (Å²) in [5.74, 6) is 0.787. The lowest BCUT2D eigenvalue weighted by molar-refractivity contribution is 0.00194. The number of hydrogen-bond donors (Lipinski definition) is 1. The minimum Gasteiger partial charge on any atom is -0.462 e. The molecule has 7 heteroatoms. The lowest BCUT2D eigenvalue weighted by Gasteiger charge is -2.37. The van der Waals surface area contributed by atoms with Gasteiger partial charge in [0.05, 0.1) is 24.8 Å². The fourth-order valence-corrected chi connectivity index (χ4v) is 4.85. The number of aliphatic hydroxyl groups excluding tert-OH is 1. The lowest BCUT2D eigenvalue weighted by atomic mass is 9.87. The average Bonchev–Trinajstić information content (AvgIpc) is 2.91. The maximum absolute atomic E-state index is 13.4. The molecule has 0 spiro atoms. The number of rotatable bonds is 8. The van der Waals surface area contributed by atoms with Gasteiger partial charge in [0.2, 0.25) is 0 Å². The SMILES string of the molecule is CCOC(=O)c1cccc(Oc2ccc3c(c2)C[C@@H](N(C[C@H](O)c2ccc(C)cc2)C(=O)OC(C)(C)C)CC3)c1. The quantitative estimate of drug-likeness (QED) is 0.314. The summed E-state index contributed by atoms with van der Waals surface area (Å²) in [4.78, 5) is 27.2. The van der Waals surface area contributed by atoms with Gasteiger partial charge in [-0.2, -0.15) is 0 Å². The maximum Gasteiger partial charge on any atom is 0.410 e. The molecule has 0 saturated heterocycles. The Morgan fingerprint density at radius 1 is 1.00 bits per heavy atom. The van der Waals surface area contributed by atoms with E-state index in [0.717, 1.165) is 29.5 Å². The van der Waals surface area contributed by atoms with Crippen LogP contribution in [0.5, 0.6) is 11.5 Å². The lowest BCUT2D eigenvalue weighted by Crippen LogP contribution is -2.47. The number of aryl methyl sites for hydroxylation is 2. The number of ether oxygens (including phenoxy) is 3. The molecule has 0 saturated carbocycles. The first kappa shape index (κ1) is 29.2. The summed E-state index contributed by atoms with van der Waals surface area (Å²) in [5.41, 5.74) is 3.92. The number of hydrogen-bond acceptors (Lipinski definition) is 6. The molecule has 0 aromatic heterocycles. The van der Waals surface area contributed by atoms with Crippen LogP contribution in [0.4, 0.5) is 4.79 Å². The summed E-state index contributed by atoms with van der Waals surface area (Å²) in [7, 11) is 0. The Labute approximate surface area is 236 Å². The van der Waals surface area contributed by atoms with Crippen LogP contribution in [0.3, 0.4) is 0 Å². The fourth-order valence-electron chi connectivity index (χ4n) is 4.85. The molecule has 0 aliphatic heterocycles. The van der Waals surface area contributed by atoms with E-state index in [2.05, 4.69) is 6.07 Å². The third-order valence-corrected chi connectivity index (χ3v) is 6.86. The smallest absolute Gasteiger partial charge is 0.410 e. The van der Waals surface area contributed by atoms with Crippen molar-refractivity contribution in [2.45, 2.75) is 71.6 Å². The number of carbonyl (C=O) groups excluding carboxylic acids is 2. The minimum absolute atomic E-state index is 0.134. The Kier molecular flexibility index (Phi) is 9.15. The van der Waals surface area contributed by atoms with Crippen LogP contribution in [0.15, 0.2) is 66.7 Å². The molecule has 2 atom stereocenters. The number of esters is 1. The van der Waals surface area contributed by atoms with Gasteiger partial charge in [-0.15, -0.1) is 0 Å². The van der Waals surface area contributed by atoms with Gasteiger partial charge in [0, 0.05) is 6.04 Å². The van der Waals surface area contributed by atoms with Crippen LogP contribution in [-0.2, 0) is 22.3 Å². The first-order valence-electron chi connectivity index (χ1n) is 13.8. The van der Waals surface area contributed by atoms with Crippen LogP contribution in [0, 0.1) is 6.92 Å². The highest BCUT2D eigenvalue weighted by molar-refractivity contribution is 5.89. The first-order chi connectivity index (χ1) is 19.0. The zero-order valence-corrected chi connectivity index (χ0v) is 24.0. The van der Waals surface area contributed by atoms with E-state index in [9.17, 15) is 14.7 Å². The molecule has 212 valence electrons. The van der Waals surface area contributed by atoms with E-state index in [-0.39, 0.29) is 12.6 Å². The van der Waals surface area contributed by atoms with Crippen LogP contribution in [0.1, 0.15) is 72.8 Å². The maximum atomic E-state index is 13.4. The van der Waals surface area contributed by atoms with Gasteiger partial charge in [-0.1, -0.05) is 42.0 Å². The number of amides is 1. The van der Waals surface area contributed by atoms with Crippen molar-refractivity contribution in [3.8, 4) is 11.5 Å². The molecule has 1 aliphatic rings. The van der Waals surface area contributed by atoms with Gasteiger partial charge in [-0.25, -0.2) is 9.59 Å². The molecule has 0 bridgehead atoms. The number of aliphatic hydroxyl groups is 1. The van der Waals surface area contributed by atoms with Crippen molar-refractivity contribution in [1.29, 1.82) is 0 Å². The van der Waals surface area contributed by atoms with Crippen molar-refractivity contribution in [2.24, 2.45) is 0 Å². The molecule has 3 aromatic rings. The molecule has 1 amide bonds. The third-order valence-electron chi connectivity index (χ3n) is 6.86. The van der Waals surface area contributed by atoms with E-state index in [1.165, 1.54) is 5.56 Å². The second-order valence-corrected chi connectivity index (χ2v) is 11.2. The molecule has 7 nitrogen and oxygen atoms in total. The number of nitrogens with zero attached hydrogens (tertiary/aromatic N) is 1. The Hall–Kier alpha value is -3.84. The Morgan fingerprint density at radius 2 is 1.73 bits per heavy atom. The van der Waals surface area contributed by atoms with Gasteiger partial charge in [0.1, 0.15) is 17.1 Å². The summed E-state index contributed by atoms with van der Waals surface area (Å²) < 4.78 is 17.0. The molecule has 40 heavy (non-hydrogen) atoms. The summed E-state index contributed by atoms with van der Waals surface area (Å²) in [6.07, 6.45) is 0.883. The molecular formula is C33H39NO6. The Bertz CT molecular complexity index is 1330. The predicted octanol–water partition coefficient (Wildman–Crippen LogP) is 6.79. The highest BCUT2D eigenvalue weighted by Gasteiger charge is 2.33. The normalized spacial score (nSPS) is 15.5. The van der Waals surface area contributed by atoms with Gasteiger partial charge < -0.3 is 24.2 Å². The van der Waals surface area contributed by atoms with E-state index in [1.807, 2.05) is 64.1 Å². The summed E-state index contributed by atoms with van der Waals surface area (Å²) in [5, 5.41) is 11.1. The van der Waals surface area contributed by atoms with Crippen molar-refractivity contribution >= 4 is 12.1 Å². The fraction of sp³-hybridized carbons (Fsp3) is 0.394. The van der Waals surface area contributed by atoms with Crippen molar-refractivity contribution in [1.82, 2.24) is 4.90 Å². The zero-order chi connectivity index (χ0) is 28.9. The summed E-state index contributed by atoms with van der Waals surface area (Å²) in [6, 6.07) is 20.4. The number of carbonyl (C=O) groups is 2. The second kappa shape index (κ2) is 12.6. The van der Waals surface area contributed by atoms with Gasteiger partial charge in [0.15, 0.2) is 0 Å². The molecule has 1 N–H and O–H groups in total. The molecule has 3 aromatic carbocycles. The molecule has 0 heterocycles. The summed E-state index contributed by atoms with van der Waals surface area (Å²) in [6.45, 7) is 9.74. The molecule has 0 radical (unpaired) electrons. The second-order valence-electron chi connectivity index (χ2n) is 11.2. The van der Waals surface area contributed by atoms with Crippen LogP contribution in [0.2, 0.25) is 0 Å². The molecule has 1 aliphatic carbocycles. The predicted molar refractivity (Wildman–Crippen MR) is 154 cm³/mol. The van der Waals surface area contributed by atoms with Crippen LogP contribution >= 0.6 is 0 Å². The van der Waals surface area contributed by atoms with E-state index in [1.54, 1.807) is 36.1 Å². The van der Waals surface area contributed by atoms with E-state index < -0.39 is 23.8 Å². The van der Waals surface area contributed by atoms with Gasteiger partial charge >= 0.3 is 12.1 Å². The topological polar surface area (TPSA) is 85.3 Å². The molecular weight excluding hydrogens is 506 g/mol. The van der Waals surface area contributed by atoms with E-state index in [4.69, 9.17) is 14.2 Å². The standard InChI is InChI=1S/C33H39NO6/c1-6-38-31(36)25-8-7-9-28(19-25)39-29-17-15-23-14-16-27(18-26(23)20-29)34(32(37)40-33(3,4)5)21-30(35)24-12-10-22(2)11-13-24/h7-13,15,17,19-20,27,30,35H,6,14,16,18,21H2,1-5H3/t27-,30-/m0/s1. The van der Waals surface area contributed by atoms with Crippen LogP contribution in [0.25, 0.3) is 0 Å². The summed E-state index contributed by atoms with van der Waals surface area (Å²) >= 11 is 0. The highest BCUT2D eigenvalue weighted by atomic mass is 16.6.